The molecule has 0 saturated carbocycles. The van der Waals surface area contributed by atoms with Crippen LogP contribution in [0.4, 0.5) is 0 Å². The Hall–Kier alpha value is -0.570. The van der Waals surface area contributed by atoms with Crippen LogP contribution in [-0.4, -0.2) is 10.1 Å². The molecule has 0 N–H and O–H groups in total. The van der Waals surface area contributed by atoms with Crippen molar-refractivity contribution in [3.8, 4) is 0 Å². The third-order valence-electron chi connectivity index (χ3n) is 1.11. The van der Waals surface area contributed by atoms with Gasteiger partial charge < -0.3 is 0 Å². The third kappa shape index (κ3) is 2.89. The number of isothiocyanates is 1. The van der Waals surface area contributed by atoms with Crippen molar-refractivity contribution in [3.63, 3.8) is 0 Å². The second-order valence-corrected chi connectivity index (χ2v) is 2.89. The average molecular weight is 229 g/mol. The summed E-state index contributed by atoms with van der Waals surface area (Å²) < 4.78 is 0.826. The second-order valence-electron chi connectivity index (χ2n) is 1.90. The minimum atomic E-state index is 0.559. The van der Waals surface area contributed by atoms with Gasteiger partial charge in [-0.05, 0) is 39.8 Å². The Kier molecular flexibility index (Phi) is 3.36. The molecule has 0 aliphatic carbocycles. The number of hydrogen-bond donors (Lipinski definition) is 0. The Morgan fingerprint density at radius 1 is 1.64 bits per heavy atom. The molecule has 0 aliphatic rings. The topological polar surface area (TPSA) is 25.2 Å². The number of rotatable bonds is 2. The van der Waals surface area contributed by atoms with Gasteiger partial charge in [-0.3, -0.25) is 0 Å². The third-order valence-corrected chi connectivity index (χ3v) is 1.71. The zero-order chi connectivity index (χ0) is 8.10. The minimum absolute atomic E-state index is 0.559. The van der Waals surface area contributed by atoms with Crippen LogP contribution in [0.25, 0.3) is 0 Å². The van der Waals surface area contributed by atoms with Gasteiger partial charge in [-0.25, -0.2) is 9.98 Å². The van der Waals surface area contributed by atoms with Crippen LogP contribution in [0, 0.1) is 0 Å². The normalized spacial score (nSPS) is 8.82. The number of pyridine rings is 1. The highest BCUT2D eigenvalue weighted by molar-refractivity contribution is 9.10. The van der Waals surface area contributed by atoms with Crippen LogP contribution >= 0.6 is 28.1 Å². The zero-order valence-corrected chi connectivity index (χ0v) is 8.02. The van der Waals surface area contributed by atoms with E-state index in [0.717, 1.165) is 10.2 Å². The molecule has 0 aliphatic heterocycles. The molecule has 0 fully saturated rings. The quantitative estimate of drug-likeness (QED) is 0.442. The van der Waals surface area contributed by atoms with Crippen LogP contribution in [0.2, 0.25) is 0 Å². The van der Waals surface area contributed by atoms with Crippen molar-refractivity contribution in [2.24, 2.45) is 4.99 Å². The molecule has 2 nitrogen and oxygen atoms in total. The van der Waals surface area contributed by atoms with Gasteiger partial charge in [0, 0.05) is 6.20 Å². The first-order valence-electron chi connectivity index (χ1n) is 2.97. The molecule has 0 unspecified atom stereocenters. The average Bonchev–Trinajstić information content (AvgIpc) is 2.04. The van der Waals surface area contributed by atoms with E-state index in [9.17, 15) is 0 Å². The highest BCUT2D eigenvalue weighted by Gasteiger charge is 1.90. The van der Waals surface area contributed by atoms with Crippen LogP contribution in [0.5, 0.6) is 0 Å². The molecule has 1 aromatic heterocycles. The molecule has 11 heavy (non-hydrogen) atoms. The SMILES string of the molecule is S=C=NCc1ccc(Br)nc1. The molecule has 0 atom stereocenters. The van der Waals surface area contributed by atoms with Gasteiger partial charge >= 0.3 is 0 Å². The Labute approximate surface area is 78.5 Å². The Balaban J connectivity index is 2.73. The standard InChI is InChI=1S/C7H5BrN2S/c8-7-2-1-6(4-10-7)3-9-5-11/h1-2,4H,3H2. The maximum atomic E-state index is 4.43. The van der Waals surface area contributed by atoms with Gasteiger partial charge in [0.15, 0.2) is 0 Å². The molecular formula is C7H5BrN2S. The molecule has 0 spiro atoms. The first-order chi connectivity index (χ1) is 5.33. The molecule has 0 radical (unpaired) electrons. The van der Waals surface area contributed by atoms with Gasteiger partial charge in [0.05, 0.1) is 11.7 Å². The van der Waals surface area contributed by atoms with E-state index in [0.29, 0.717) is 6.54 Å². The molecule has 1 aromatic rings. The van der Waals surface area contributed by atoms with Crippen molar-refractivity contribution < 1.29 is 0 Å². The molecule has 0 amide bonds. The first-order valence-corrected chi connectivity index (χ1v) is 4.17. The van der Waals surface area contributed by atoms with Crippen LogP contribution in [-0.2, 0) is 6.54 Å². The number of nitrogens with zero attached hydrogens (tertiary/aromatic N) is 2. The summed E-state index contributed by atoms with van der Waals surface area (Å²) in [6.07, 6.45) is 1.75. The van der Waals surface area contributed by atoms with Crippen molar-refractivity contribution in [2.75, 3.05) is 0 Å². The molecule has 0 aromatic carbocycles. The maximum Gasteiger partial charge on any atom is 0.106 e. The molecule has 1 rings (SSSR count). The van der Waals surface area contributed by atoms with Crippen molar-refractivity contribution in [2.45, 2.75) is 6.54 Å². The van der Waals surface area contributed by atoms with E-state index in [-0.39, 0.29) is 0 Å². The highest BCUT2D eigenvalue weighted by Crippen LogP contribution is 2.06. The Morgan fingerprint density at radius 3 is 3.00 bits per heavy atom. The number of halogens is 1. The van der Waals surface area contributed by atoms with Crippen molar-refractivity contribution in [1.82, 2.24) is 4.98 Å². The second kappa shape index (κ2) is 4.34. The summed E-state index contributed by atoms with van der Waals surface area (Å²) in [6.45, 7) is 0.559. The van der Waals surface area contributed by atoms with Crippen LogP contribution in [0.3, 0.4) is 0 Å². The number of hydrogen-bond acceptors (Lipinski definition) is 3. The summed E-state index contributed by atoms with van der Waals surface area (Å²) in [5, 5.41) is 2.30. The Bertz CT molecular complexity index is 277. The summed E-state index contributed by atoms with van der Waals surface area (Å²) >= 11 is 7.67. The fourth-order valence-electron chi connectivity index (χ4n) is 0.624. The van der Waals surface area contributed by atoms with E-state index >= 15 is 0 Å². The van der Waals surface area contributed by atoms with E-state index in [4.69, 9.17) is 0 Å². The maximum absolute atomic E-state index is 4.43. The van der Waals surface area contributed by atoms with Crippen LogP contribution in [0.15, 0.2) is 27.9 Å². The number of aliphatic imine (C=N–C) groups is 1. The zero-order valence-electron chi connectivity index (χ0n) is 5.62. The molecule has 56 valence electrons. The summed E-state index contributed by atoms with van der Waals surface area (Å²) in [4.78, 5) is 7.81. The van der Waals surface area contributed by atoms with Crippen molar-refractivity contribution >= 4 is 33.3 Å². The van der Waals surface area contributed by atoms with Gasteiger partial charge in [0.25, 0.3) is 0 Å². The summed E-state index contributed by atoms with van der Waals surface area (Å²) in [5.41, 5.74) is 1.03. The molecular weight excluding hydrogens is 224 g/mol. The largest absolute Gasteiger partial charge is 0.249 e. The van der Waals surface area contributed by atoms with Gasteiger partial charge in [-0.15, -0.1) is 0 Å². The van der Waals surface area contributed by atoms with Gasteiger partial charge in [0.1, 0.15) is 4.60 Å². The number of aromatic nitrogens is 1. The van der Waals surface area contributed by atoms with Crippen molar-refractivity contribution in [3.05, 3.63) is 28.5 Å². The smallest absolute Gasteiger partial charge is 0.106 e. The molecule has 0 saturated heterocycles. The lowest BCUT2D eigenvalue weighted by Crippen LogP contribution is -1.82. The predicted molar refractivity (Wildman–Crippen MR) is 50.7 cm³/mol. The van der Waals surface area contributed by atoms with Gasteiger partial charge in [0.2, 0.25) is 0 Å². The van der Waals surface area contributed by atoms with E-state index in [2.05, 4.69) is 43.3 Å². The van der Waals surface area contributed by atoms with E-state index < -0.39 is 0 Å². The summed E-state index contributed by atoms with van der Waals surface area (Å²) in [5.74, 6) is 0. The van der Waals surface area contributed by atoms with Crippen LogP contribution in [0.1, 0.15) is 5.56 Å². The Morgan fingerprint density at radius 2 is 2.45 bits per heavy atom. The van der Waals surface area contributed by atoms with E-state index in [1.54, 1.807) is 6.20 Å². The lowest BCUT2D eigenvalue weighted by atomic mass is 10.3. The lowest BCUT2D eigenvalue weighted by molar-refractivity contribution is 1.05. The van der Waals surface area contributed by atoms with E-state index in [1.165, 1.54) is 0 Å². The molecule has 1 heterocycles. The fraction of sp³-hybridized carbons (Fsp3) is 0.143. The number of thiocarbonyl (C=S) groups is 1. The first kappa shape index (κ1) is 8.53. The van der Waals surface area contributed by atoms with Crippen molar-refractivity contribution in [1.29, 1.82) is 0 Å². The molecule has 4 heteroatoms. The minimum Gasteiger partial charge on any atom is -0.249 e. The summed E-state index contributed by atoms with van der Waals surface area (Å²) in [7, 11) is 0. The lowest BCUT2D eigenvalue weighted by Gasteiger charge is -1.92. The highest BCUT2D eigenvalue weighted by atomic mass is 79.9. The predicted octanol–water partition coefficient (Wildman–Crippen LogP) is 2.45. The summed E-state index contributed by atoms with van der Waals surface area (Å²) in [6, 6.07) is 3.81. The monoisotopic (exact) mass is 228 g/mol. The van der Waals surface area contributed by atoms with Gasteiger partial charge in [-0.1, -0.05) is 6.07 Å². The van der Waals surface area contributed by atoms with Crippen LogP contribution < -0.4 is 0 Å². The van der Waals surface area contributed by atoms with Gasteiger partial charge in [-0.2, -0.15) is 0 Å². The molecule has 0 bridgehead atoms. The fourth-order valence-corrected chi connectivity index (χ4v) is 0.923. The van der Waals surface area contributed by atoms with E-state index in [1.807, 2.05) is 12.1 Å².